The second-order valence-electron chi connectivity index (χ2n) is 2.42. The molecular weight excluding hydrogens is 203 g/mol. The van der Waals surface area contributed by atoms with E-state index in [0.29, 0.717) is 4.83 Å². The van der Waals surface area contributed by atoms with Crippen LogP contribution in [0.1, 0.15) is 5.69 Å². The predicted molar refractivity (Wildman–Crippen MR) is 42.5 cm³/mol. The SMILES string of the molecule is Nc1ncn2c(C(F)(F)F)csc12. The van der Waals surface area contributed by atoms with E-state index in [-0.39, 0.29) is 5.82 Å². The molecule has 0 aromatic carbocycles. The van der Waals surface area contributed by atoms with Gasteiger partial charge in [-0.2, -0.15) is 13.2 Å². The summed E-state index contributed by atoms with van der Waals surface area (Å²) in [5.41, 5.74) is 4.60. The fourth-order valence-corrected chi connectivity index (χ4v) is 1.91. The van der Waals surface area contributed by atoms with Crippen molar-refractivity contribution in [3.63, 3.8) is 0 Å². The lowest BCUT2D eigenvalue weighted by Crippen LogP contribution is -2.07. The number of thiazole rings is 1. The summed E-state index contributed by atoms with van der Waals surface area (Å²) in [7, 11) is 0. The lowest BCUT2D eigenvalue weighted by molar-refractivity contribution is -0.141. The van der Waals surface area contributed by atoms with Gasteiger partial charge in [0, 0.05) is 5.38 Å². The van der Waals surface area contributed by atoms with Gasteiger partial charge >= 0.3 is 6.18 Å². The zero-order valence-corrected chi connectivity index (χ0v) is 6.99. The number of halogens is 3. The second-order valence-corrected chi connectivity index (χ2v) is 3.28. The minimum absolute atomic E-state index is 0.125. The van der Waals surface area contributed by atoms with Crippen molar-refractivity contribution in [2.45, 2.75) is 6.18 Å². The number of rotatable bonds is 0. The first-order chi connectivity index (χ1) is 6.00. The molecule has 2 aromatic heterocycles. The van der Waals surface area contributed by atoms with Crippen LogP contribution in [0.3, 0.4) is 0 Å². The molecule has 0 aliphatic rings. The van der Waals surface area contributed by atoms with Crippen molar-refractivity contribution in [2.24, 2.45) is 0 Å². The topological polar surface area (TPSA) is 43.3 Å². The van der Waals surface area contributed by atoms with E-state index in [1.54, 1.807) is 0 Å². The average molecular weight is 207 g/mol. The molecule has 2 rings (SSSR count). The van der Waals surface area contributed by atoms with Crippen LogP contribution in [0.2, 0.25) is 0 Å². The number of alkyl halides is 3. The highest BCUT2D eigenvalue weighted by molar-refractivity contribution is 7.16. The molecule has 3 nitrogen and oxygen atoms in total. The van der Waals surface area contributed by atoms with Crippen molar-refractivity contribution >= 4 is 22.0 Å². The molecule has 70 valence electrons. The summed E-state index contributed by atoms with van der Waals surface area (Å²) >= 11 is 0.930. The van der Waals surface area contributed by atoms with Gasteiger partial charge in [-0.3, -0.25) is 4.40 Å². The summed E-state index contributed by atoms with van der Waals surface area (Å²) in [5, 5.41) is 1.02. The maximum atomic E-state index is 12.3. The van der Waals surface area contributed by atoms with Gasteiger partial charge in [-0.25, -0.2) is 4.98 Å². The molecule has 0 unspecified atom stereocenters. The van der Waals surface area contributed by atoms with E-state index < -0.39 is 11.9 Å². The van der Waals surface area contributed by atoms with Gasteiger partial charge in [0.25, 0.3) is 0 Å². The number of imidazole rings is 1. The van der Waals surface area contributed by atoms with Crippen molar-refractivity contribution in [3.05, 3.63) is 17.4 Å². The van der Waals surface area contributed by atoms with Gasteiger partial charge in [-0.1, -0.05) is 0 Å². The molecule has 2 N–H and O–H groups in total. The molecule has 0 saturated carbocycles. The highest BCUT2D eigenvalue weighted by atomic mass is 32.1. The third kappa shape index (κ3) is 1.15. The lowest BCUT2D eigenvalue weighted by Gasteiger charge is -2.02. The third-order valence-corrected chi connectivity index (χ3v) is 2.55. The van der Waals surface area contributed by atoms with Crippen LogP contribution in [0.4, 0.5) is 19.0 Å². The fraction of sp³-hybridized carbons (Fsp3) is 0.167. The number of fused-ring (bicyclic) bond motifs is 1. The zero-order chi connectivity index (χ0) is 9.64. The van der Waals surface area contributed by atoms with E-state index >= 15 is 0 Å². The molecule has 7 heteroatoms. The number of anilines is 1. The van der Waals surface area contributed by atoms with Gasteiger partial charge in [0.2, 0.25) is 0 Å². The van der Waals surface area contributed by atoms with E-state index in [9.17, 15) is 13.2 Å². The van der Waals surface area contributed by atoms with E-state index in [1.165, 1.54) is 0 Å². The number of aromatic nitrogens is 2. The fourth-order valence-electron chi connectivity index (χ4n) is 1.01. The second kappa shape index (κ2) is 2.38. The molecule has 0 aliphatic heterocycles. The van der Waals surface area contributed by atoms with Gasteiger partial charge < -0.3 is 5.73 Å². The van der Waals surface area contributed by atoms with Crippen LogP contribution in [0.5, 0.6) is 0 Å². The summed E-state index contributed by atoms with van der Waals surface area (Å²) in [4.78, 5) is 3.91. The van der Waals surface area contributed by atoms with Crippen molar-refractivity contribution in [1.29, 1.82) is 0 Å². The summed E-state index contributed by atoms with van der Waals surface area (Å²) < 4.78 is 37.8. The first kappa shape index (κ1) is 8.36. The van der Waals surface area contributed by atoms with Crippen LogP contribution in [-0.2, 0) is 6.18 Å². The molecule has 0 spiro atoms. The van der Waals surface area contributed by atoms with Crippen molar-refractivity contribution in [1.82, 2.24) is 9.38 Å². The highest BCUT2D eigenvalue weighted by Gasteiger charge is 2.34. The monoisotopic (exact) mass is 207 g/mol. The van der Waals surface area contributed by atoms with Gasteiger partial charge in [0.1, 0.15) is 16.9 Å². The molecule has 0 bridgehead atoms. The maximum absolute atomic E-state index is 12.3. The minimum atomic E-state index is -4.36. The van der Waals surface area contributed by atoms with Crippen LogP contribution in [-0.4, -0.2) is 9.38 Å². The number of hydrogen-bond donors (Lipinski definition) is 1. The Morgan fingerprint density at radius 1 is 1.46 bits per heavy atom. The van der Waals surface area contributed by atoms with Crippen molar-refractivity contribution in [3.8, 4) is 0 Å². The van der Waals surface area contributed by atoms with Gasteiger partial charge in [0.05, 0.1) is 0 Å². The van der Waals surface area contributed by atoms with Gasteiger partial charge in [0.15, 0.2) is 5.82 Å². The first-order valence-electron chi connectivity index (χ1n) is 3.27. The Morgan fingerprint density at radius 3 is 2.77 bits per heavy atom. The Balaban J connectivity index is 2.72. The standard InChI is InChI=1S/C6H4F3N3S/c7-6(8,9)3-1-13-5-4(10)11-2-12(3)5/h1-2H,10H2. The molecule has 0 fully saturated rings. The van der Waals surface area contributed by atoms with Crippen LogP contribution < -0.4 is 5.73 Å². The third-order valence-electron chi connectivity index (χ3n) is 1.58. The van der Waals surface area contributed by atoms with E-state index in [2.05, 4.69) is 4.98 Å². The number of hydrogen-bond acceptors (Lipinski definition) is 3. The molecule has 13 heavy (non-hydrogen) atoms. The van der Waals surface area contributed by atoms with Crippen LogP contribution in [0.25, 0.3) is 4.83 Å². The Labute approximate surface area is 74.6 Å². The number of nitrogens with zero attached hydrogens (tertiary/aromatic N) is 2. The Hall–Kier alpha value is -1.24. The van der Waals surface area contributed by atoms with Crippen molar-refractivity contribution in [2.75, 3.05) is 5.73 Å². The first-order valence-corrected chi connectivity index (χ1v) is 4.15. The lowest BCUT2D eigenvalue weighted by atomic mass is 10.5. The largest absolute Gasteiger partial charge is 0.432 e. The molecule has 2 heterocycles. The molecule has 0 radical (unpaired) electrons. The predicted octanol–water partition coefficient (Wildman–Crippen LogP) is 2.00. The molecule has 0 atom stereocenters. The summed E-state index contributed by atoms with van der Waals surface area (Å²) in [6.07, 6.45) is -3.28. The van der Waals surface area contributed by atoms with Crippen LogP contribution in [0, 0.1) is 0 Å². The van der Waals surface area contributed by atoms with E-state index in [4.69, 9.17) is 5.73 Å². The van der Waals surface area contributed by atoms with Crippen LogP contribution >= 0.6 is 11.3 Å². The minimum Gasteiger partial charge on any atom is -0.381 e. The summed E-state index contributed by atoms with van der Waals surface area (Å²) in [6, 6.07) is 0. The molecule has 2 aromatic rings. The smallest absolute Gasteiger partial charge is 0.381 e. The maximum Gasteiger partial charge on any atom is 0.432 e. The van der Waals surface area contributed by atoms with E-state index in [1.807, 2.05) is 0 Å². The van der Waals surface area contributed by atoms with Crippen LogP contribution in [0.15, 0.2) is 11.7 Å². The molecule has 0 amide bonds. The van der Waals surface area contributed by atoms with Gasteiger partial charge in [-0.15, -0.1) is 11.3 Å². The molecule has 0 aliphatic carbocycles. The molecule has 0 saturated heterocycles. The van der Waals surface area contributed by atoms with Crippen molar-refractivity contribution < 1.29 is 13.2 Å². The molecular formula is C6H4F3N3S. The van der Waals surface area contributed by atoms with E-state index in [0.717, 1.165) is 27.4 Å². The summed E-state index contributed by atoms with van der Waals surface area (Å²) in [5.74, 6) is 0.125. The Bertz CT molecular complexity index is 441. The summed E-state index contributed by atoms with van der Waals surface area (Å²) in [6.45, 7) is 0. The average Bonchev–Trinajstić information content (AvgIpc) is 2.51. The highest BCUT2D eigenvalue weighted by Crippen LogP contribution is 2.34. The normalized spacial score (nSPS) is 12.5. The van der Waals surface area contributed by atoms with Gasteiger partial charge in [-0.05, 0) is 0 Å². The zero-order valence-electron chi connectivity index (χ0n) is 6.17. The Morgan fingerprint density at radius 2 is 2.15 bits per heavy atom. The number of nitrogens with two attached hydrogens (primary N) is 1. The quantitative estimate of drug-likeness (QED) is 0.717. The Kier molecular flexibility index (Phi) is 1.53. The number of nitrogen functional groups attached to an aromatic ring is 1.